The first kappa shape index (κ1) is 16.9. The van der Waals surface area contributed by atoms with E-state index in [1.807, 2.05) is 25.1 Å². The molecule has 122 valence electrons. The van der Waals surface area contributed by atoms with Gasteiger partial charge in [-0.3, -0.25) is 4.79 Å². The van der Waals surface area contributed by atoms with Crippen LogP contribution in [-0.2, 0) is 4.79 Å². The van der Waals surface area contributed by atoms with Crippen molar-refractivity contribution < 1.29 is 9.18 Å². The number of nitrogens with zero attached hydrogens (tertiary/aromatic N) is 1. The molecular weight excluding hydrogens is 279 g/mol. The zero-order valence-corrected chi connectivity index (χ0v) is 13.6. The SMILES string of the molecule is CN(C)C(CNC(=O)CC1CCCCC1)c1cccc(F)c1. The second kappa shape index (κ2) is 8.28. The third kappa shape index (κ3) is 5.09. The average molecular weight is 306 g/mol. The van der Waals surface area contributed by atoms with Crippen molar-refractivity contribution in [2.75, 3.05) is 20.6 Å². The van der Waals surface area contributed by atoms with Crippen molar-refractivity contribution in [1.82, 2.24) is 10.2 Å². The summed E-state index contributed by atoms with van der Waals surface area (Å²) in [7, 11) is 3.89. The fourth-order valence-corrected chi connectivity index (χ4v) is 3.25. The number of carbonyl (C=O) groups is 1. The first-order valence-corrected chi connectivity index (χ1v) is 8.25. The molecule has 1 aromatic carbocycles. The molecule has 1 aromatic rings. The Bertz CT molecular complexity index is 484. The minimum atomic E-state index is -0.238. The van der Waals surface area contributed by atoms with E-state index < -0.39 is 0 Å². The van der Waals surface area contributed by atoms with Crippen LogP contribution in [-0.4, -0.2) is 31.4 Å². The largest absolute Gasteiger partial charge is 0.354 e. The van der Waals surface area contributed by atoms with Crippen molar-refractivity contribution in [3.63, 3.8) is 0 Å². The normalized spacial score (nSPS) is 17.5. The number of halogens is 1. The number of carbonyl (C=O) groups excluding carboxylic acids is 1. The number of amides is 1. The van der Waals surface area contributed by atoms with Crippen LogP contribution < -0.4 is 5.32 Å². The van der Waals surface area contributed by atoms with E-state index in [1.54, 1.807) is 6.07 Å². The van der Waals surface area contributed by atoms with Gasteiger partial charge in [0.05, 0.1) is 6.04 Å². The van der Waals surface area contributed by atoms with E-state index in [9.17, 15) is 9.18 Å². The van der Waals surface area contributed by atoms with Crippen molar-refractivity contribution in [1.29, 1.82) is 0 Å². The van der Waals surface area contributed by atoms with Gasteiger partial charge >= 0.3 is 0 Å². The molecule has 1 fully saturated rings. The molecule has 0 aromatic heterocycles. The van der Waals surface area contributed by atoms with Gasteiger partial charge in [-0.1, -0.05) is 31.4 Å². The summed E-state index contributed by atoms with van der Waals surface area (Å²) in [5, 5.41) is 3.03. The predicted molar refractivity (Wildman–Crippen MR) is 87.0 cm³/mol. The summed E-state index contributed by atoms with van der Waals surface area (Å²) in [5.41, 5.74) is 0.892. The summed E-state index contributed by atoms with van der Waals surface area (Å²) in [4.78, 5) is 14.1. The zero-order valence-electron chi connectivity index (χ0n) is 13.6. The zero-order chi connectivity index (χ0) is 15.9. The van der Waals surface area contributed by atoms with Crippen LogP contribution in [0.4, 0.5) is 4.39 Å². The lowest BCUT2D eigenvalue weighted by Crippen LogP contribution is -2.35. The highest BCUT2D eigenvalue weighted by Gasteiger charge is 2.19. The first-order valence-electron chi connectivity index (χ1n) is 8.25. The van der Waals surface area contributed by atoms with E-state index in [4.69, 9.17) is 0 Å². The summed E-state index contributed by atoms with van der Waals surface area (Å²) in [5.74, 6) is 0.425. The smallest absolute Gasteiger partial charge is 0.220 e. The summed E-state index contributed by atoms with van der Waals surface area (Å²) >= 11 is 0. The molecule has 0 heterocycles. The molecule has 1 aliphatic carbocycles. The molecule has 2 rings (SSSR count). The number of hydrogen-bond donors (Lipinski definition) is 1. The molecular formula is C18H27FN2O. The van der Waals surface area contributed by atoms with E-state index in [0.29, 0.717) is 18.9 Å². The summed E-state index contributed by atoms with van der Waals surface area (Å²) in [6, 6.07) is 6.59. The van der Waals surface area contributed by atoms with E-state index in [1.165, 1.54) is 44.2 Å². The predicted octanol–water partition coefficient (Wildman–Crippen LogP) is 3.52. The van der Waals surface area contributed by atoms with Gasteiger partial charge in [0.2, 0.25) is 5.91 Å². The molecule has 1 amide bonds. The number of hydrogen-bond acceptors (Lipinski definition) is 2. The molecule has 0 saturated heterocycles. The Morgan fingerprint density at radius 1 is 1.32 bits per heavy atom. The van der Waals surface area contributed by atoms with Gasteiger partial charge in [-0.15, -0.1) is 0 Å². The highest BCUT2D eigenvalue weighted by molar-refractivity contribution is 5.76. The third-order valence-electron chi connectivity index (χ3n) is 4.55. The second-order valence-electron chi connectivity index (χ2n) is 6.55. The standard InChI is InChI=1S/C18H27FN2O/c1-21(2)17(15-9-6-10-16(19)12-15)13-20-18(22)11-14-7-4-3-5-8-14/h6,9-10,12,14,17H,3-5,7-8,11,13H2,1-2H3,(H,20,22). The molecule has 1 unspecified atom stereocenters. The van der Waals surface area contributed by atoms with Crippen LogP contribution in [0.3, 0.4) is 0 Å². The number of rotatable bonds is 6. The van der Waals surface area contributed by atoms with Crippen LogP contribution >= 0.6 is 0 Å². The fourth-order valence-electron chi connectivity index (χ4n) is 3.25. The minimum Gasteiger partial charge on any atom is -0.354 e. The lowest BCUT2D eigenvalue weighted by molar-refractivity contribution is -0.122. The second-order valence-corrected chi connectivity index (χ2v) is 6.55. The van der Waals surface area contributed by atoms with Gasteiger partial charge in [-0.2, -0.15) is 0 Å². The molecule has 0 bridgehead atoms. The Morgan fingerprint density at radius 3 is 2.68 bits per heavy atom. The van der Waals surface area contributed by atoms with E-state index >= 15 is 0 Å². The van der Waals surface area contributed by atoms with Crippen LogP contribution in [0.15, 0.2) is 24.3 Å². The molecule has 22 heavy (non-hydrogen) atoms. The molecule has 0 spiro atoms. The average Bonchev–Trinajstić information content (AvgIpc) is 2.48. The molecule has 1 aliphatic rings. The maximum atomic E-state index is 13.4. The lowest BCUT2D eigenvalue weighted by atomic mass is 9.87. The molecule has 1 atom stereocenters. The minimum absolute atomic E-state index is 0.00833. The first-order chi connectivity index (χ1) is 10.6. The Balaban J connectivity index is 1.87. The summed E-state index contributed by atoms with van der Waals surface area (Å²) in [6.45, 7) is 0.516. The molecule has 1 N–H and O–H groups in total. The van der Waals surface area contributed by atoms with Crippen LogP contribution in [0.5, 0.6) is 0 Å². The van der Waals surface area contributed by atoms with Crippen LogP contribution in [0, 0.1) is 11.7 Å². The van der Waals surface area contributed by atoms with Gasteiger partial charge in [0, 0.05) is 13.0 Å². The van der Waals surface area contributed by atoms with Gasteiger partial charge in [0.25, 0.3) is 0 Å². The van der Waals surface area contributed by atoms with Gasteiger partial charge in [0.15, 0.2) is 0 Å². The van der Waals surface area contributed by atoms with Crippen molar-refractivity contribution in [2.24, 2.45) is 5.92 Å². The van der Waals surface area contributed by atoms with E-state index in [2.05, 4.69) is 5.32 Å². The van der Waals surface area contributed by atoms with Crippen molar-refractivity contribution in [3.05, 3.63) is 35.6 Å². The molecule has 3 nitrogen and oxygen atoms in total. The number of nitrogens with one attached hydrogen (secondary N) is 1. The van der Waals surface area contributed by atoms with Crippen molar-refractivity contribution in [3.8, 4) is 0 Å². The quantitative estimate of drug-likeness (QED) is 0.872. The van der Waals surface area contributed by atoms with Crippen LogP contribution in [0.2, 0.25) is 0 Å². The van der Waals surface area contributed by atoms with Gasteiger partial charge in [-0.05, 0) is 50.6 Å². The molecule has 4 heteroatoms. The Labute approximate surface area is 132 Å². The number of benzene rings is 1. The molecule has 0 aliphatic heterocycles. The maximum Gasteiger partial charge on any atom is 0.220 e. The van der Waals surface area contributed by atoms with Gasteiger partial charge < -0.3 is 10.2 Å². The van der Waals surface area contributed by atoms with Crippen molar-refractivity contribution >= 4 is 5.91 Å². The van der Waals surface area contributed by atoms with E-state index in [0.717, 1.165) is 5.56 Å². The lowest BCUT2D eigenvalue weighted by Gasteiger charge is -2.26. The molecule has 1 saturated carbocycles. The van der Waals surface area contributed by atoms with Gasteiger partial charge in [0.1, 0.15) is 5.82 Å². The molecule has 0 radical (unpaired) electrons. The Kier molecular flexibility index (Phi) is 6.37. The van der Waals surface area contributed by atoms with Crippen LogP contribution in [0.1, 0.15) is 50.1 Å². The number of likely N-dealkylation sites (N-methyl/N-ethyl adjacent to an activating group) is 1. The Hall–Kier alpha value is -1.42. The van der Waals surface area contributed by atoms with Gasteiger partial charge in [-0.25, -0.2) is 4.39 Å². The highest BCUT2D eigenvalue weighted by atomic mass is 19.1. The summed E-state index contributed by atoms with van der Waals surface area (Å²) in [6.07, 6.45) is 6.79. The fraction of sp³-hybridized carbons (Fsp3) is 0.611. The Morgan fingerprint density at radius 2 is 2.05 bits per heavy atom. The monoisotopic (exact) mass is 306 g/mol. The maximum absolute atomic E-state index is 13.4. The highest BCUT2D eigenvalue weighted by Crippen LogP contribution is 2.26. The van der Waals surface area contributed by atoms with Crippen LogP contribution in [0.25, 0.3) is 0 Å². The van der Waals surface area contributed by atoms with E-state index in [-0.39, 0.29) is 17.8 Å². The summed E-state index contributed by atoms with van der Waals surface area (Å²) < 4.78 is 13.4. The third-order valence-corrected chi connectivity index (χ3v) is 4.55. The topological polar surface area (TPSA) is 32.3 Å². The van der Waals surface area contributed by atoms with Crippen molar-refractivity contribution in [2.45, 2.75) is 44.6 Å².